The monoisotopic (exact) mass is 308 g/mol. The fraction of sp³-hybridized carbons (Fsp3) is 0. The van der Waals surface area contributed by atoms with Crippen molar-refractivity contribution < 1.29 is 9.18 Å². The molecule has 0 saturated heterocycles. The van der Waals surface area contributed by atoms with Gasteiger partial charge in [0.2, 0.25) is 0 Å². The van der Waals surface area contributed by atoms with Crippen LogP contribution in [0.4, 0.5) is 10.1 Å². The van der Waals surface area contributed by atoms with Crippen molar-refractivity contribution in [3.8, 4) is 11.1 Å². The zero-order valence-corrected chi connectivity index (χ0v) is 10.9. The standard InChI is InChI=1S/C13H10BrFN2O/c14-7-5-9(8-3-1-2-4-11(8)16)12(15)10(6-7)13(17)18/h1-6H,16H2,(H2,17,18). The van der Waals surface area contributed by atoms with Gasteiger partial charge in [0.05, 0.1) is 5.56 Å². The fourth-order valence-corrected chi connectivity index (χ4v) is 2.16. The second-order valence-corrected chi connectivity index (χ2v) is 4.68. The molecule has 0 aliphatic heterocycles. The van der Waals surface area contributed by atoms with E-state index in [9.17, 15) is 9.18 Å². The minimum absolute atomic E-state index is 0.164. The van der Waals surface area contributed by atoms with E-state index in [2.05, 4.69) is 15.9 Å². The van der Waals surface area contributed by atoms with Crippen molar-refractivity contribution in [2.45, 2.75) is 0 Å². The summed E-state index contributed by atoms with van der Waals surface area (Å²) in [5.41, 5.74) is 12.0. The molecular weight excluding hydrogens is 299 g/mol. The Hall–Kier alpha value is -1.88. The van der Waals surface area contributed by atoms with E-state index in [1.807, 2.05) is 0 Å². The van der Waals surface area contributed by atoms with Gasteiger partial charge in [-0.3, -0.25) is 4.79 Å². The maximum atomic E-state index is 14.2. The highest BCUT2D eigenvalue weighted by molar-refractivity contribution is 9.10. The Bertz CT molecular complexity index is 628. The molecule has 0 aromatic heterocycles. The SMILES string of the molecule is NC(=O)c1cc(Br)cc(-c2ccccc2N)c1F. The first-order valence-electron chi connectivity index (χ1n) is 5.14. The van der Waals surface area contributed by atoms with Crippen molar-refractivity contribution in [1.82, 2.24) is 0 Å². The molecule has 2 aromatic rings. The Kier molecular flexibility index (Phi) is 3.34. The van der Waals surface area contributed by atoms with Crippen LogP contribution in [0.1, 0.15) is 10.4 Å². The molecule has 0 radical (unpaired) electrons. The van der Waals surface area contributed by atoms with Crippen LogP contribution >= 0.6 is 15.9 Å². The number of carbonyl (C=O) groups is 1. The highest BCUT2D eigenvalue weighted by atomic mass is 79.9. The number of para-hydroxylation sites is 1. The Morgan fingerprint density at radius 1 is 1.17 bits per heavy atom. The molecule has 0 heterocycles. The van der Waals surface area contributed by atoms with Crippen molar-refractivity contribution in [2.75, 3.05) is 5.73 Å². The Labute approximate surface area is 112 Å². The summed E-state index contributed by atoms with van der Waals surface area (Å²) in [6, 6.07) is 9.76. The quantitative estimate of drug-likeness (QED) is 0.837. The number of amides is 1. The van der Waals surface area contributed by atoms with E-state index >= 15 is 0 Å². The Morgan fingerprint density at radius 3 is 2.44 bits per heavy atom. The summed E-state index contributed by atoms with van der Waals surface area (Å²) in [6.07, 6.45) is 0. The summed E-state index contributed by atoms with van der Waals surface area (Å²) in [5.74, 6) is -1.48. The zero-order valence-electron chi connectivity index (χ0n) is 9.28. The molecule has 0 saturated carbocycles. The summed E-state index contributed by atoms with van der Waals surface area (Å²) in [7, 11) is 0. The number of hydrogen-bond donors (Lipinski definition) is 2. The number of primary amides is 1. The van der Waals surface area contributed by atoms with E-state index < -0.39 is 11.7 Å². The predicted octanol–water partition coefficient (Wildman–Crippen LogP) is 2.94. The second-order valence-electron chi connectivity index (χ2n) is 3.77. The fourth-order valence-electron chi connectivity index (χ4n) is 1.71. The zero-order chi connectivity index (χ0) is 13.3. The van der Waals surface area contributed by atoms with Crippen molar-refractivity contribution >= 4 is 27.5 Å². The molecule has 0 aliphatic carbocycles. The molecule has 0 unspecified atom stereocenters. The number of nitrogen functional groups attached to an aromatic ring is 1. The van der Waals surface area contributed by atoms with Crippen LogP contribution < -0.4 is 11.5 Å². The molecule has 0 bridgehead atoms. The van der Waals surface area contributed by atoms with Gasteiger partial charge >= 0.3 is 0 Å². The van der Waals surface area contributed by atoms with Gasteiger partial charge in [-0.2, -0.15) is 0 Å². The lowest BCUT2D eigenvalue weighted by molar-refractivity contribution is 0.0996. The summed E-state index contributed by atoms with van der Waals surface area (Å²) >= 11 is 3.22. The third-order valence-electron chi connectivity index (χ3n) is 2.55. The van der Waals surface area contributed by atoms with Crippen molar-refractivity contribution in [3.05, 3.63) is 52.3 Å². The summed E-state index contributed by atoms with van der Waals surface area (Å²) < 4.78 is 14.8. The van der Waals surface area contributed by atoms with Gasteiger partial charge in [0.25, 0.3) is 5.91 Å². The van der Waals surface area contributed by atoms with Crippen molar-refractivity contribution in [3.63, 3.8) is 0 Å². The number of carbonyl (C=O) groups excluding carboxylic acids is 1. The molecular formula is C13H10BrFN2O. The van der Waals surface area contributed by atoms with Crippen molar-refractivity contribution in [1.29, 1.82) is 0 Å². The minimum Gasteiger partial charge on any atom is -0.398 e. The molecule has 4 N–H and O–H groups in total. The number of benzene rings is 2. The van der Waals surface area contributed by atoms with Gasteiger partial charge in [-0.25, -0.2) is 4.39 Å². The lowest BCUT2D eigenvalue weighted by Crippen LogP contribution is -2.14. The third kappa shape index (κ3) is 2.22. The highest BCUT2D eigenvalue weighted by Crippen LogP contribution is 2.32. The van der Waals surface area contributed by atoms with Crippen LogP contribution in [0.15, 0.2) is 40.9 Å². The molecule has 2 rings (SSSR count). The van der Waals surface area contributed by atoms with Gasteiger partial charge in [0, 0.05) is 21.3 Å². The molecule has 2 aromatic carbocycles. The number of hydrogen-bond acceptors (Lipinski definition) is 2. The molecule has 18 heavy (non-hydrogen) atoms. The van der Waals surface area contributed by atoms with Crippen LogP contribution in [0.25, 0.3) is 11.1 Å². The molecule has 0 atom stereocenters. The minimum atomic E-state index is -0.815. The Balaban J connectivity index is 2.73. The van der Waals surface area contributed by atoms with Crippen molar-refractivity contribution in [2.24, 2.45) is 5.73 Å². The Morgan fingerprint density at radius 2 is 1.83 bits per heavy atom. The first-order valence-corrected chi connectivity index (χ1v) is 5.93. The highest BCUT2D eigenvalue weighted by Gasteiger charge is 2.16. The first kappa shape index (κ1) is 12.6. The van der Waals surface area contributed by atoms with Gasteiger partial charge in [-0.15, -0.1) is 0 Å². The largest absolute Gasteiger partial charge is 0.398 e. The molecule has 1 amide bonds. The summed E-state index contributed by atoms with van der Waals surface area (Å²) in [6.45, 7) is 0. The molecule has 5 heteroatoms. The summed E-state index contributed by atoms with van der Waals surface area (Å²) in [5, 5.41) is 0. The molecule has 3 nitrogen and oxygen atoms in total. The van der Waals surface area contributed by atoms with E-state index in [0.717, 1.165) is 0 Å². The normalized spacial score (nSPS) is 10.3. The average molecular weight is 309 g/mol. The number of nitrogens with two attached hydrogens (primary N) is 2. The van der Waals surface area contributed by atoms with Crippen LogP contribution in [-0.4, -0.2) is 5.91 Å². The number of rotatable bonds is 2. The van der Waals surface area contributed by atoms with Crippen LogP contribution in [0.2, 0.25) is 0 Å². The van der Waals surface area contributed by atoms with E-state index in [-0.39, 0.29) is 11.1 Å². The van der Waals surface area contributed by atoms with Gasteiger partial charge in [0.15, 0.2) is 0 Å². The van der Waals surface area contributed by atoms with Crippen LogP contribution in [-0.2, 0) is 0 Å². The smallest absolute Gasteiger partial charge is 0.251 e. The number of halogens is 2. The molecule has 92 valence electrons. The van der Waals surface area contributed by atoms with Gasteiger partial charge in [-0.05, 0) is 18.2 Å². The molecule has 0 spiro atoms. The first-order chi connectivity index (χ1) is 8.50. The predicted molar refractivity (Wildman–Crippen MR) is 72.5 cm³/mol. The van der Waals surface area contributed by atoms with Gasteiger partial charge < -0.3 is 11.5 Å². The lowest BCUT2D eigenvalue weighted by atomic mass is 10.0. The average Bonchev–Trinajstić information content (AvgIpc) is 2.32. The van der Waals surface area contributed by atoms with E-state index in [4.69, 9.17) is 11.5 Å². The van der Waals surface area contributed by atoms with E-state index in [1.165, 1.54) is 6.07 Å². The van der Waals surface area contributed by atoms with Crippen LogP contribution in [0.3, 0.4) is 0 Å². The maximum Gasteiger partial charge on any atom is 0.251 e. The maximum absolute atomic E-state index is 14.2. The molecule has 0 fully saturated rings. The molecule has 0 aliphatic rings. The third-order valence-corrected chi connectivity index (χ3v) is 3.01. The topological polar surface area (TPSA) is 69.1 Å². The van der Waals surface area contributed by atoms with Gasteiger partial charge in [0.1, 0.15) is 5.82 Å². The van der Waals surface area contributed by atoms with E-state index in [1.54, 1.807) is 30.3 Å². The lowest BCUT2D eigenvalue weighted by Gasteiger charge is -2.10. The van der Waals surface area contributed by atoms with Crippen LogP contribution in [0.5, 0.6) is 0 Å². The second kappa shape index (κ2) is 4.78. The summed E-state index contributed by atoms with van der Waals surface area (Å²) in [4.78, 5) is 11.2. The van der Waals surface area contributed by atoms with E-state index in [0.29, 0.717) is 15.7 Å². The van der Waals surface area contributed by atoms with Gasteiger partial charge in [-0.1, -0.05) is 34.1 Å². The van der Waals surface area contributed by atoms with Crippen LogP contribution in [0, 0.1) is 5.82 Å². The number of anilines is 1.